The molecule has 1 aliphatic rings. The highest BCUT2D eigenvalue weighted by atomic mass is 32.2. The second-order valence-corrected chi connectivity index (χ2v) is 7.35. The maximum absolute atomic E-state index is 11.6. The lowest BCUT2D eigenvalue weighted by atomic mass is 10.2. The van der Waals surface area contributed by atoms with E-state index in [0.29, 0.717) is 0 Å². The largest absolute Gasteiger partial charge is 0.298 e. The Hall–Kier alpha value is -0.350. The van der Waals surface area contributed by atoms with Gasteiger partial charge in [0.2, 0.25) is 0 Å². The Morgan fingerprint density at radius 2 is 2.00 bits per heavy atom. The third kappa shape index (κ3) is 3.59. The summed E-state index contributed by atoms with van der Waals surface area (Å²) in [4.78, 5) is 2.17. The Morgan fingerprint density at radius 1 is 1.38 bits per heavy atom. The summed E-state index contributed by atoms with van der Waals surface area (Å²) >= 11 is 0. The Labute approximate surface area is 99.4 Å². The fraction of sp³-hybridized carbons (Fsp3) is 0.833. The summed E-state index contributed by atoms with van der Waals surface area (Å²) in [6, 6.07) is 0.200. The average Bonchev–Trinajstić information content (AvgIpc) is 2.61. The van der Waals surface area contributed by atoms with Gasteiger partial charge >= 0.3 is 0 Å². The van der Waals surface area contributed by atoms with Gasteiger partial charge < -0.3 is 0 Å². The van der Waals surface area contributed by atoms with Crippen molar-refractivity contribution in [1.82, 2.24) is 4.90 Å². The first-order chi connectivity index (χ1) is 7.32. The molecule has 0 spiro atoms. The number of allylic oxidation sites excluding steroid dienone is 1. The van der Waals surface area contributed by atoms with E-state index in [4.69, 9.17) is 0 Å². The van der Waals surface area contributed by atoms with Crippen LogP contribution in [-0.4, -0.2) is 44.5 Å². The van der Waals surface area contributed by atoms with Crippen LogP contribution in [0.3, 0.4) is 0 Å². The summed E-state index contributed by atoms with van der Waals surface area (Å²) in [6.07, 6.45) is 6.37. The van der Waals surface area contributed by atoms with Crippen LogP contribution in [0.2, 0.25) is 0 Å². The molecular formula is C12H23NO2S. The summed E-state index contributed by atoms with van der Waals surface area (Å²) in [6.45, 7) is 4.98. The molecule has 0 radical (unpaired) electrons. The van der Waals surface area contributed by atoms with Gasteiger partial charge in [0.25, 0.3) is 0 Å². The molecule has 0 aromatic carbocycles. The van der Waals surface area contributed by atoms with Crippen molar-refractivity contribution < 1.29 is 8.42 Å². The second kappa shape index (κ2) is 5.32. The van der Waals surface area contributed by atoms with E-state index >= 15 is 0 Å². The van der Waals surface area contributed by atoms with Gasteiger partial charge in [0.15, 0.2) is 9.84 Å². The van der Waals surface area contributed by atoms with Crippen molar-refractivity contribution in [1.29, 1.82) is 0 Å². The quantitative estimate of drug-likeness (QED) is 0.709. The Kier molecular flexibility index (Phi) is 4.56. The van der Waals surface area contributed by atoms with E-state index < -0.39 is 9.84 Å². The third-order valence-corrected chi connectivity index (χ3v) is 4.97. The van der Waals surface area contributed by atoms with Gasteiger partial charge in [-0.15, -0.1) is 0 Å². The molecule has 1 saturated carbocycles. The summed E-state index contributed by atoms with van der Waals surface area (Å²) in [5.74, 6) is 0. The molecule has 2 atom stereocenters. The minimum absolute atomic E-state index is 0.164. The van der Waals surface area contributed by atoms with Crippen LogP contribution >= 0.6 is 0 Å². The van der Waals surface area contributed by atoms with Gasteiger partial charge in [-0.25, -0.2) is 8.42 Å². The fourth-order valence-corrected chi connectivity index (χ4v) is 3.88. The molecule has 1 aliphatic carbocycles. The monoisotopic (exact) mass is 245 g/mol. The zero-order chi connectivity index (χ0) is 12.3. The molecule has 0 saturated heterocycles. The smallest absolute Gasteiger partial charge is 0.151 e. The molecule has 0 aromatic heterocycles. The minimum Gasteiger partial charge on any atom is -0.298 e. The Balaban J connectivity index is 2.68. The lowest BCUT2D eigenvalue weighted by molar-refractivity contribution is 0.271. The molecular weight excluding hydrogens is 222 g/mol. The number of nitrogens with zero attached hydrogens (tertiary/aromatic N) is 1. The molecule has 0 heterocycles. The van der Waals surface area contributed by atoms with Gasteiger partial charge in [-0.1, -0.05) is 18.1 Å². The summed E-state index contributed by atoms with van der Waals surface area (Å²) < 4.78 is 23.3. The first kappa shape index (κ1) is 13.7. The predicted molar refractivity (Wildman–Crippen MR) is 68.3 cm³/mol. The van der Waals surface area contributed by atoms with Gasteiger partial charge in [-0.3, -0.25) is 4.90 Å². The average molecular weight is 245 g/mol. The Bertz CT molecular complexity index is 355. The maximum atomic E-state index is 11.6. The van der Waals surface area contributed by atoms with Crippen LogP contribution in [0.1, 0.15) is 33.1 Å². The summed E-state index contributed by atoms with van der Waals surface area (Å²) in [5.41, 5.74) is 1.28. The van der Waals surface area contributed by atoms with E-state index in [1.807, 2.05) is 7.05 Å². The van der Waals surface area contributed by atoms with Crippen molar-refractivity contribution in [3.63, 3.8) is 0 Å². The van der Waals surface area contributed by atoms with Crippen LogP contribution in [0, 0.1) is 0 Å². The van der Waals surface area contributed by atoms with Gasteiger partial charge in [0.05, 0.1) is 5.25 Å². The molecule has 0 aliphatic heterocycles. The van der Waals surface area contributed by atoms with E-state index in [9.17, 15) is 8.42 Å². The minimum atomic E-state index is -2.90. The number of likely N-dealkylation sites (N-methyl/N-ethyl adjacent to an activating group) is 1. The lowest BCUT2D eigenvalue weighted by Gasteiger charge is -2.27. The van der Waals surface area contributed by atoms with E-state index in [2.05, 4.69) is 24.8 Å². The predicted octanol–water partition coefficient (Wildman–Crippen LogP) is 1.85. The molecule has 3 nitrogen and oxygen atoms in total. The van der Waals surface area contributed by atoms with Crippen LogP contribution < -0.4 is 0 Å². The molecule has 1 fully saturated rings. The van der Waals surface area contributed by atoms with Crippen molar-refractivity contribution >= 4 is 9.84 Å². The highest BCUT2D eigenvalue weighted by Gasteiger charge is 2.36. The molecule has 1 rings (SSSR count). The van der Waals surface area contributed by atoms with Crippen LogP contribution in [0.4, 0.5) is 0 Å². The Morgan fingerprint density at radius 3 is 2.50 bits per heavy atom. The number of sulfone groups is 1. The number of hydrogen-bond acceptors (Lipinski definition) is 3. The highest BCUT2D eigenvalue weighted by Crippen LogP contribution is 2.28. The summed E-state index contributed by atoms with van der Waals surface area (Å²) in [7, 11) is -0.876. The fourth-order valence-electron chi connectivity index (χ4n) is 2.37. The molecule has 16 heavy (non-hydrogen) atoms. The van der Waals surface area contributed by atoms with E-state index in [1.54, 1.807) is 0 Å². The standard InChI is InChI=1S/C12H23NO2S/c1-10(2)8-9-13(3)11-6-5-7-12(11)16(4,14)15/h8,11-12H,5-7,9H2,1-4H3/t11-,12+/m0/s1. The highest BCUT2D eigenvalue weighted by molar-refractivity contribution is 7.91. The lowest BCUT2D eigenvalue weighted by Crippen LogP contribution is -2.41. The number of hydrogen-bond donors (Lipinski definition) is 0. The third-order valence-electron chi connectivity index (χ3n) is 3.32. The molecule has 0 amide bonds. The molecule has 0 N–H and O–H groups in total. The molecule has 4 heteroatoms. The van der Waals surface area contributed by atoms with E-state index in [0.717, 1.165) is 25.8 Å². The second-order valence-electron chi connectivity index (χ2n) is 5.09. The van der Waals surface area contributed by atoms with Crippen molar-refractivity contribution in [2.45, 2.75) is 44.4 Å². The van der Waals surface area contributed by atoms with Crippen molar-refractivity contribution in [2.75, 3.05) is 19.8 Å². The van der Waals surface area contributed by atoms with Crippen molar-refractivity contribution in [2.24, 2.45) is 0 Å². The number of rotatable bonds is 4. The molecule has 0 aromatic rings. The first-order valence-corrected chi connectivity index (χ1v) is 7.80. The van der Waals surface area contributed by atoms with Gasteiger partial charge in [0.1, 0.15) is 0 Å². The van der Waals surface area contributed by atoms with Crippen LogP contribution in [0.5, 0.6) is 0 Å². The van der Waals surface area contributed by atoms with Crippen molar-refractivity contribution in [3.05, 3.63) is 11.6 Å². The van der Waals surface area contributed by atoms with E-state index in [-0.39, 0.29) is 11.3 Å². The molecule has 0 unspecified atom stereocenters. The van der Waals surface area contributed by atoms with Crippen molar-refractivity contribution in [3.8, 4) is 0 Å². The summed E-state index contributed by atoms with van der Waals surface area (Å²) in [5, 5.41) is -0.164. The van der Waals surface area contributed by atoms with Crippen LogP contribution in [0.15, 0.2) is 11.6 Å². The normalized spacial score (nSPS) is 26.1. The zero-order valence-electron chi connectivity index (χ0n) is 10.7. The topological polar surface area (TPSA) is 37.4 Å². The maximum Gasteiger partial charge on any atom is 0.151 e. The van der Waals surface area contributed by atoms with Crippen LogP contribution in [-0.2, 0) is 9.84 Å². The van der Waals surface area contributed by atoms with Gasteiger partial charge in [0, 0.05) is 18.8 Å². The SMILES string of the molecule is CC(C)=CCN(C)[C@H]1CCC[C@H]1S(C)(=O)=O. The van der Waals surface area contributed by atoms with E-state index in [1.165, 1.54) is 11.8 Å². The molecule has 94 valence electrons. The van der Waals surface area contributed by atoms with Crippen LogP contribution in [0.25, 0.3) is 0 Å². The zero-order valence-corrected chi connectivity index (χ0v) is 11.5. The van der Waals surface area contributed by atoms with Gasteiger partial charge in [-0.2, -0.15) is 0 Å². The van der Waals surface area contributed by atoms with Gasteiger partial charge in [-0.05, 0) is 33.7 Å². The molecule has 0 bridgehead atoms. The first-order valence-electron chi connectivity index (χ1n) is 5.85.